The largest absolute Gasteiger partial charge is 0.381 e. The second-order valence-corrected chi connectivity index (χ2v) is 6.20. The molecule has 124 valence electrons. The number of ether oxygens (including phenoxy) is 1. The van der Waals surface area contributed by atoms with E-state index in [4.69, 9.17) is 4.74 Å². The van der Waals surface area contributed by atoms with Gasteiger partial charge >= 0.3 is 0 Å². The van der Waals surface area contributed by atoms with Gasteiger partial charge in [-0.05, 0) is 49.7 Å². The van der Waals surface area contributed by atoms with E-state index in [0.29, 0.717) is 0 Å². The molecule has 0 heterocycles. The minimum Gasteiger partial charge on any atom is -0.381 e. The molecule has 0 unspecified atom stereocenters. The molecule has 2 rings (SSSR count). The molecule has 0 N–H and O–H groups in total. The van der Waals surface area contributed by atoms with Gasteiger partial charge in [-0.1, -0.05) is 73.5 Å². The van der Waals surface area contributed by atoms with Gasteiger partial charge in [-0.25, -0.2) is 0 Å². The predicted octanol–water partition coefficient (Wildman–Crippen LogP) is 5.83. The van der Waals surface area contributed by atoms with Crippen LogP contribution in [0.1, 0.15) is 49.7 Å². The lowest BCUT2D eigenvalue weighted by Crippen LogP contribution is -1.98. The molecule has 0 saturated carbocycles. The van der Waals surface area contributed by atoms with Crippen LogP contribution in [-0.4, -0.2) is 13.2 Å². The SMILES string of the molecule is c1ccc(CCCCCOCCCCCc2ccccc2)cc1. The van der Waals surface area contributed by atoms with Gasteiger partial charge in [0.25, 0.3) is 0 Å². The summed E-state index contributed by atoms with van der Waals surface area (Å²) in [5.74, 6) is 0. The molecular weight excluding hydrogens is 280 g/mol. The molecule has 0 spiro atoms. The number of unbranched alkanes of at least 4 members (excludes halogenated alkanes) is 4. The van der Waals surface area contributed by atoms with E-state index in [1.807, 2.05) is 0 Å². The number of benzene rings is 2. The van der Waals surface area contributed by atoms with E-state index in [-0.39, 0.29) is 0 Å². The van der Waals surface area contributed by atoms with Crippen LogP contribution in [0.3, 0.4) is 0 Å². The number of hydrogen-bond donors (Lipinski definition) is 0. The molecule has 0 radical (unpaired) electrons. The fourth-order valence-corrected chi connectivity index (χ4v) is 2.81. The molecule has 1 heteroatoms. The Kier molecular flexibility index (Phi) is 9.18. The molecular formula is C22H30O. The normalized spacial score (nSPS) is 10.8. The maximum Gasteiger partial charge on any atom is 0.0466 e. The number of hydrogen-bond acceptors (Lipinski definition) is 1. The van der Waals surface area contributed by atoms with E-state index < -0.39 is 0 Å². The van der Waals surface area contributed by atoms with Crippen LogP contribution in [0, 0.1) is 0 Å². The fourth-order valence-electron chi connectivity index (χ4n) is 2.81. The van der Waals surface area contributed by atoms with E-state index >= 15 is 0 Å². The summed E-state index contributed by atoms with van der Waals surface area (Å²) >= 11 is 0. The third-order valence-corrected chi connectivity index (χ3v) is 4.19. The minimum atomic E-state index is 0.924. The highest BCUT2D eigenvalue weighted by atomic mass is 16.5. The molecule has 0 bridgehead atoms. The molecule has 0 atom stereocenters. The first-order chi connectivity index (χ1) is 11.4. The molecule has 0 aromatic heterocycles. The molecule has 2 aromatic carbocycles. The molecule has 2 aromatic rings. The van der Waals surface area contributed by atoms with Crippen molar-refractivity contribution in [3.05, 3.63) is 71.8 Å². The Hall–Kier alpha value is -1.60. The summed E-state index contributed by atoms with van der Waals surface area (Å²) in [5.41, 5.74) is 2.90. The Morgan fingerprint density at radius 3 is 1.35 bits per heavy atom. The Labute approximate surface area is 141 Å². The van der Waals surface area contributed by atoms with E-state index in [1.165, 1.54) is 62.5 Å². The zero-order valence-electron chi connectivity index (χ0n) is 14.3. The average molecular weight is 310 g/mol. The summed E-state index contributed by atoms with van der Waals surface area (Å²) in [6.07, 6.45) is 9.84. The van der Waals surface area contributed by atoms with Crippen molar-refractivity contribution < 1.29 is 4.74 Å². The molecule has 0 fully saturated rings. The van der Waals surface area contributed by atoms with Gasteiger partial charge in [-0.2, -0.15) is 0 Å². The standard InChI is InChI=1S/C22H30O/c1-5-13-21(14-6-1)17-9-3-11-19-23-20-12-4-10-18-22-15-7-2-8-16-22/h1-2,5-8,13-16H,3-4,9-12,17-20H2. The predicted molar refractivity (Wildman–Crippen MR) is 98.8 cm³/mol. The van der Waals surface area contributed by atoms with Crippen molar-refractivity contribution in [1.82, 2.24) is 0 Å². The van der Waals surface area contributed by atoms with Gasteiger partial charge in [-0.15, -0.1) is 0 Å². The van der Waals surface area contributed by atoms with Crippen LogP contribution >= 0.6 is 0 Å². The van der Waals surface area contributed by atoms with Crippen molar-refractivity contribution in [3.8, 4) is 0 Å². The van der Waals surface area contributed by atoms with Crippen molar-refractivity contribution in [3.63, 3.8) is 0 Å². The zero-order valence-corrected chi connectivity index (χ0v) is 14.3. The van der Waals surface area contributed by atoms with Crippen molar-refractivity contribution >= 4 is 0 Å². The molecule has 0 aliphatic rings. The maximum atomic E-state index is 5.74. The van der Waals surface area contributed by atoms with Crippen LogP contribution in [0.4, 0.5) is 0 Å². The molecule has 0 amide bonds. The Bertz CT molecular complexity index is 444. The highest BCUT2D eigenvalue weighted by Gasteiger charge is 1.95. The lowest BCUT2D eigenvalue weighted by atomic mass is 10.1. The summed E-state index contributed by atoms with van der Waals surface area (Å²) in [6.45, 7) is 1.85. The molecule has 23 heavy (non-hydrogen) atoms. The third kappa shape index (κ3) is 8.56. The van der Waals surface area contributed by atoms with Crippen LogP contribution < -0.4 is 0 Å². The summed E-state index contributed by atoms with van der Waals surface area (Å²) in [6, 6.07) is 21.5. The van der Waals surface area contributed by atoms with Gasteiger partial charge in [0.15, 0.2) is 0 Å². The fraction of sp³-hybridized carbons (Fsp3) is 0.455. The van der Waals surface area contributed by atoms with E-state index in [9.17, 15) is 0 Å². The van der Waals surface area contributed by atoms with Gasteiger partial charge < -0.3 is 4.74 Å². The van der Waals surface area contributed by atoms with Crippen LogP contribution in [0.15, 0.2) is 60.7 Å². The van der Waals surface area contributed by atoms with E-state index in [1.54, 1.807) is 0 Å². The van der Waals surface area contributed by atoms with Gasteiger partial charge in [0.05, 0.1) is 0 Å². The van der Waals surface area contributed by atoms with Crippen molar-refractivity contribution in [2.75, 3.05) is 13.2 Å². The molecule has 0 aliphatic heterocycles. The van der Waals surface area contributed by atoms with Gasteiger partial charge in [0, 0.05) is 13.2 Å². The smallest absolute Gasteiger partial charge is 0.0466 e. The first kappa shape index (κ1) is 17.7. The first-order valence-electron chi connectivity index (χ1n) is 9.11. The lowest BCUT2D eigenvalue weighted by molar-refractivity contribution is 0.126. The summed E-state index contributed by atoms with van der Waals surface area (Å²) < 4.78 is 5.74. The highest BCUT2D eigenvalue weighted by Crippen LogP contribution is 2.08. The van der Waals surface area contributed by atoms with Crippen LogP contribution in [0.2, 0.25) is 0 Å². The number of rotatable bonds is 12. The van der Waals surface area contributed by atoms with Crippen molar-refractivity contribution in [1.29, 1.82) is 0 Å². The minimum absolute atomic E-state index is 0.924. The Morgan fingerprint density at radius 2 is 0.913 bits per heavy atom. The summed E-state index contributed by atoms with van der Waals surface area (Å²) in [4.78, 5) is 0. The second kappa shape index (κ2) is 11.9. The maximum absolute atomic E-state index is 5.74. The van der Waals surface area contributed by atoms with Gasteiger partial charge in [-0.3, -0.25) is 0 Å². The first-order valence-corrected chi connectivity index (χ1v) is 9.11. The topological polar surface area (TPSA) is 9.23 Å². The van der Waals surface area contributed by atoms with E-state index in [0.717, 1.165) is 13.2 Å². The van der Waals surface area contributed by atoms with Crippen LogP contribution in [0.25, 0.3) is 0 Å². The quantitative estimate of drug-likeness (QED) is 0.448. The Balaban J connectivity index is 1.34. The van der Waals surface area contributed by atoms with Crippen LogP contribution in [-0.2, 0) is 17.6 Å². The Morgan fingerprint density at radius 1 is 0.478 bits per heavy atom. The second-order valence-electron chi connectivity index (χ2n) is 6.20. The lowest BCUT2D eigenvalue weighted by Gasteiger charge is -2.05. The molecule has 0 aliphatic carbocycles. The zero-order chi connectivity index (χ0) is 16.0. The average Bonchev–Trinajstić information content (AvgIpc) is 2.61. The summed E-state index contributed by atoms with van der Waals surface area (Å²) in [7, 11) is 0. The number of aryl methyl sites for hydroxylation is 2. The molecule has 1 nitrogen and oxygen atoms in total. The van der Waals surface area contributed by atoms with E-state index in [2.05, 4.69) is 60.7 Å². The van der Waals surface area contributed by atoms with Crippen molar-refractivity contribution in [2.24, 2.45) is 0 Å². The monoisotopic (exact) mass is 310 g/mol. The van der Waals surface area contributed by atoms with Gasteiger partial charge in [0.2, 0.25) is 0 Å². The van der Waals surface area contributed by atoms with Crippen molar-refractivity contribution in [2.45, 2.75) is 51.4 Å². The summed E-state index contributed by atoms with van der Waals surface area (Å²) in [5, 5.41) is 0. The van der Waals surface area contributed by atoms with Gasteiger partial charge in [0.1, 0.15) is 0 Å². The highest BCUT2D eigenvalue weighted by molar-refractivity contribution is 5.15. The molecule has 0 saturated heterocycles. The third-order valence-electron chi connectivity index (χ3n) is 4.19. The van der Waals surface area contributed by atoms with Crippen LogP contribution in [0.5, 0.6) is 0 Å².